The van der Waals surface area contributed by atoms with Crippen LogP contribution < -0.4 is 9.62 Å². The molecule has 0 spiro atoms. The van der Waals surface area contributed by atoms with Crippen LogP contribution in [0.25, 0.3) is 0 Å². The van der Waals surface area contributed by atoms with Crippen molar-refractivity contribution in [1.82, 2.24) is 0 Å². The highest BCUT2D eigenvalue weighted by molar-refractivity contribution is 7.94. The summed E-state index contributed by atoms with van der Waals surface area (Å²) < 4.78 is 29.5. The molecule has 3 rings (SSSR count). The van der Waals surface area contributed by atoms with Gasteiger partial charge in [0, 0.05) is 17.7 Å². The second-order valence-corrected chi connectivity index (χ2v) is 8.26. The third-order valence-electron chi connectivity index (χ3n) is 4.05. The van der Waals surface area contributed by atoms with Gasteiger partial charge in [-0.1, -0.05) is 17.7 Å². The summed E-state index contributed by atoms with van der Waals surface area (Å²) in [4.78, 5) is 36.1. The van der Waals surface area contributed by atoms with Gasteiger partial charge in [0.15, 0.2) is 0 Å². The lowest BCUT2D eigenvalue weighted by Gasteiger charge is -2.17. The van der Waals surface area contributed by atoms with Gasteiger partial charge in [-0.15, -0.1) is 0 Å². The molecule has 10 heteroatoms. The summed E-state index contributed by atoms with van der Waals surface area (Å²) in [6.07, 6.45) is -0.143. The maximum Gasteiger partial charge on any atom is 0.337 e. The van der Waals surface area contributed by atoms with Crippen LogP contribution in [-0.4, -0.2) is 39.1 Å². The van der Waals surface area contributed by atoms with Crippen molar-refractivity contribution in [1.29, 1.82) is 0 Å². The lowest BCUT2D eigenvalue weighted by atomic mass is 10.1. The van der Waals surface area contributed by atoms with Gasteiger partial charge in [0.25, 0.3) is 5.91 Å². The van der Waals surface area contributed by atoms with Gasteiger partial charge in [-0.2, -0.15) is 0 Å². The first-order valence-electron chi connectivity index (χ1n) is 8.08. The quantitative estimate of drug-likeness (QED) is 0.758. The number of hydrogen-bond acceptors (Lipinski definition) is 6. The largest absolute Gasteiger partial charge is 0.465 e. The number of nitrogens with one attached hydrogen (secondary N) is 1. The minimum atomic E-state index is -3.81. The zero-order chi connectivity index (χ0) is 20.5. The molecule has 0 atom stereocenters. The van der Waals surface area contributed by atoms with Crippen molar-refractivity contribution >= 4 is 50.8 Å². The highest BCUT2D eigenvalue weighted by atomic mass is 35.5. The monoisotopic (exact) mass is 422 g/mol. The van der Waals surface area contributed by atoms with Crippen LogP contribution in [0.5, 0.6) is 0 Å². The van der Waals surface area contributed by atoms with Crippen molar-refractivity contribution < 1.29 is 27.5 Å². The van der Waals surface area contributed by atoms with E-state index in [0.717, 1.165) is 0 Å². The molecule has 1 aliphatic rings. The van der Waals surface area contributed by atoms with Crippen LogP contribution in [0.15, 0.2) is 42.5 Å². The van der Waals surface area contributed by atoms with Gasteiger partial charge in [0.2, 0.25) is 15.9 Å². The van der Waals surface area contributed by atoms with Crippen LogP contribution >= 0.6 is 11.6 Å². The van der Waals surface area contributed by atoms with Gasteiger partial charge in [0.05, 0.1) is 29.1 Å². The van der Waals surface area contributed by atoms with Crippen molar-refractivity contribution in [3.8, 4) is 0 Å². The maximum atomic E-state index is 12.6. The molecule has 1 aliphatic heterocycles. The first kappa shape index (κ1) is 19.8. The van der Waals surface area contributed by atoms with Crippen LogP contribution in [0.4, 0.5) is 11.4 Å². The minimum Gasteiger partial charge on any atom is -0.465 e. The number of hydrogen-bond donors (Lipinski definition) is 1. The van der Waals surface area contributed by atoms with E-state index in [1.807, 2.05) is 0 Å². The zero-order valence-corrected chi connectivity index (χ0v) is 16.2. The number of methoxy groups -OCH3 is 1. The molecule has 2 aromatic rings. The van der Waals surface area contributed by atoms with Crippen molar-refractivity contribution in [3.05, 3.63) is 58.6 Å². The highest BCUT2D eigenvalue weighted by Crippen LogP contribution is 2.33. The van der Waals surface area contributed by atoms with Crippen LogP contribution in [-0.2, 0) is 19.6 Å². The summed E-state index contributed by atoms with van der Waals surface area (Å²) >= 11 is 6.06. The number of carbonyl (C=O) groups is 3. The topological polar surface area (TPSA) is 110 Å². The molecule has 2 aromatic carbocycles. The smallest absolute Gasteiger partial charge is 0.337 e. The van der Waals surface area contributed by atoms with E-state index in [-0.39, 0.29) is 34.0 Å². The zero-order valence-electron chi connectivity index (χ0n) is 14.6. The fraction of sp³-hybridized carbons (Fsp3) is 0.167. The van der Waals surface area contributed by atoms with Gasteiger partial charge in [0.1, 0.15) is 0 Å². The number of ether oxygens (including phenoxy) is 1. The molecule has 0 radical (unpaired) electrons. The van der Waals surface area contributed by atoms with Gasteiger partial charge in [-0.3, -0.25) is 9.59 Å². The fourth-order valence-electron chi connectivity index (χ4n) is 2.70. The van der Waals surface area contributed by atoms with E-state index in [4.69, 9.17) is 11.6 Å². The van der Waals surface area contributed by atoms with E-state index < -0.39 is 27.8 Å². The number of sulfonamides is 1. The number of anilines is 2. The summed E-state index contributed by atoms with van der Waals surface area (Å²) in [6.45, 7) is 0. The van der Waals surface area contributed by atoms with E-state index in [0.29, 0.717) is 9.99 Å². The van der Waals surface area contributed by atoms with E-state index in [1.165, 1.54) is 37.4 Å². The fourth-order valence-corrected chi connectivity index (χ4v) is 4.42. The molecule has 1 saturated heterocycles. The normalized spacial score (nSPS) is 15.4. The van der Waals surface area contributed by atoms with E-state index >= 15 is 0 Å². The lowest BCUT2D eigenvalue weighted by Crippen LogP contribution is -2.29. The number of rotatable bonds is 4. The van der Waals surface area contributed by atoms with Crippen molar-refractivity contribution in [2.75, 3.05) is 22.5 Å². The molecule has 28 heavy (non-hydrogen) atoms. The van der Waals surface area contributed by atoms with Gasteiger partial charge in [-0.25, -0.2) is 17.5 Å². The lowest BCUT2D eigenvalue weighted by molar-refractivity contribution is -0.116. The molecular weight excluding hydrogens is 408 g/mol. The number of nitrogens with zero attached hydrogens (tertiary/aromatic N) is 1. The Morgan fingerprint density at radius 3 is 2.54 bits per heavy atom. The molecule has 0 bridgehead atoms. The summed E-state index contributed by atoms with van der Waals surface area (Å²) in [6, 6.07) is 10.1. The number of esters is 1. The standard InChI is InChI=1S/C18H15ClN2O6S/c1-27-18(24)12-3-2-4-13(9-12)20-17(23)11-5-6-14(19)15(10-11)21-16(22)7-8-28(21,25)26/h2-6,9-10H,7-8H2,1H3,(H,20,23). The van der Waals surface area contributed by atoms with Crippen LogP contribution in [0.3, 0.4) is 0 Å². The first-order valence-corrected chi connectivity index (χ1v) is 10.1. The number of benzene rings is 2. The Morgan fingerprint density at radius 1 is 1.14 bits per heavy atom. The first-order chi connectivity index (χ1) is 13.2. The molecule has 146 valence electrons. The SMILES string of the molecule is COC(=O)c1cccc(NC(=O)c2ccc(Cl)c(N3C(=O)CCS3(=O)=O)c2)c1. The maximum absolute atomic E-state index is 12.6. The predicted octanol–water partition coefficient (Wildman–Crippen LogP) is 2.45. The Kier molecular flexibility index (Phi) is 5.39. The Labute approximate surface area is 166 Å². The second kappa shape index (κ2) is 7.61. The van der Waals surface area contributed by atoms with E-state index in [2.05, 4.69) is 10.1 Å². The molecule has 0 unspecified atom stereocenters. The molecule has 0 saturated carbocycles. The van der Waals surface area contributed by atoms with Crippen LogP contribution in [0.2, 0.25) is 5.02 Å². The summed E-state index contributed by atoms with van der Waals surface area (Å²) in [5, 5.41) is 2.63. The highest BCUT2D eigenvalue weighted by Gasteiger charge is 2.37. The number of carbonyl (C=O) groups excluding carboxylic acids is 3. The van der Waals surface area contributed by atoms with Crippen molar-refractivity contribution in [3.63, 3.8) is 0 Å². The molecular formula is C18H15ClN2O6S. The number of amides is 2. The Balaban J connectivity index is 1.90. The summed E-state index contributed by atoms with van der Waals surface area (Å²) in [5.41, 5.74) is 0.623. The van der Waals surface area contributed by atoms with Gasteiger partial charge in [-0.05, 0) is 36.4 Å². The van der Waals surface area contributed by atoms with Crippen LogP contribution in [0.1, 0.15) is 27.1 Å². The van der Waals surface area contributed by atoms with Crippen molar-refractivity contribution in [2.24, 2.45) is 0 Å². The molecule has 0 aliphatic carbocycles. The molecule has 8 nitrogen and oxygen atoms in total. The minimum absolute atomic E-state index is 0.0306. The molecule has 2 amide bonds. The molecule has 1 heterocycles. The number of halogens is 1. The third kappa shape index (κ3) is 3.85. The molecule has 1 fully saturated rings. The Morgan fingerprint density at radius 2 is 1.89 bits per heavy atom. The summed E-state index contributed by atoms with van der Waals surface area (Å²) in [7, 11) is -2.57. The Bertz CT molecular complexity index is 1080. The van der Waals surface area contributed by atoms with Crippen LogP contribution in [0, 0.1) is 0 Å². The predicted molar refractivity (Wildman–Crippen MR) is 103 cm³/mol. The second-order valence-electron chi connectivity index (χ2n) is 5.92. The summed E-state index contributed by atoms with van der Waals surface area (Å²) in [5.74, 6) is -2.03. The van der Waals surface area contributed by atoms with Gasteiger partial charge >= 0.3 is 5.97 Å². The van der Waals surface area contributed by atoms with E-state index in [1.54, 1.807) is 12.1 Å². The Hall–Kier alpha value is -2.91. The van der Waals surface area contributed by atoms with E-state index in [9.17, 15) is 22.8 Å². The van der Waals surface area contributed by atoms with Crippen molar-refractivity contribution in [2.45, 2.75) is 6.42 Å². The average Bonchev–Trinajstić information content (AvgIpc) is 2.94. The average molecular weight is 423 g/mol. The van der Waals surface area contributed by atoms with Gasteiger partial charge < -0.3 is 10.1 Å². The molecule has 1 N–H and O–H groups in total. The third-order valence-corrected chi connectivity index (χ3v) is 6.04. The molecule has 0 aromatic heterocycles.